The lowest BCUT2D eigenvalue weighted by Gasteiger charge is -2.24. The first-order valence-corrected chi connectivity index (χ1v) is 7.62. The van der Waals surface area contributed by atoms with Gasteiger partial charge in [-0.05, 0) is 60.3 Å². The second-order valence-corrected chi connectivity index (χ2v) is 6.01. The van der Waals surface area contributed by atoms with Gasteiger partial charge in [0, 0.05) is 19.7 Å². The molecule has 0 aromatic heterocycles. The molecule has 21 heavy (non-hydrogen) atoms. The molecule has 0 aliphatic carbocycles. The molecule has 0 spiro atoms. The Morgan fingerprint density at radius 2 is 1.90 bits per heavy atom. The van der Waals surface area contributed by atoms with Crippen LogP contribution in [0.2, 0.25) is 0 Å². The van der Waals surface area contributed by atoms with Gasteiger partial charge in [-0.15, -0.1) is 0 Å². The third kappa shape index (κ3) is 2.79. The van der Waals surface area contributed by atoms with Gasteiger partial charge >= 0.3 is 0 Å². The molecule has 1 aliphatic heterocycles. The van der Waals surface area contributed by atoms with E-state index < -0.39 is 0 Å². The number of hydrogen-bond donors (Lipinski definition) is 1. The quantitative estimate of drug-likeness (QED) is 0.918. The third-order valence-electron chi connectivity index (χ3n) is 4.35. The van der Waals surface area contributed by atoms with Gasteiger partial charge in [0.15, 0.2) is 0 Å². The van der Waals surface area contributed by atoms with Crippen LogP contribution in [0, 0.1) is 0 Å². The fraction of sp³-hybridized carbons (Fsp3) is 0.389. The summed E-state index contributed by atoms with van der Waals surface area (Å²) in [4.78, 5) is 13.7. The molecule has 1 N–H and O–H groups in total. The lowest BCUT2D eigenvalue weighted by Crippen LogP contribution is -2.26. The van der Waals surface area contributed by atoms with Crippen molar-refractivity contribution in [3.8, 4) is 0 Å². The van der Waals surface area contributed by atoms with Gasteiger partial charge in [0.25, 0.3) is 5.91 Å². The number of nitrogens with one attached hydrogen (secondary N) is 1. The highest BCUT2D eigenvalue weighted by Gasteiger charge is 2.17. The van der Waals surface area contributed by atoms with E-state index in [-0.39, 0.29) is 5.91 Å². The molecule has 1 fully saturated rings. The Morgan fingerprint density at radius 3 is 2.62 bits per heavy atom. The molecular formula is C18H22N2O. The molecule has 0 bridgehead atoms. The van der Waals surface area contributed by atoms with Crippen LogP contribution < -0.4 is 5.32 Å². The molecule has 110 valence electrons. The highest BCUT2D eigenvalue weighted by molar-refractivity contribution is 5.99. The predicted octanol–water partition coefficient (Wildman–Crippen LogP) is 3.01. The number of piperidine rings is 1. The van der Waals surface area contributed by atoms with Crippen molar-refractivity contribution in [3.63, 3.8) is 0 Å². The van der Waals surface area contributed by atoms with Crippen molar-refractivity contribution in [2.45, 2.75) is 18.8 Å². The van der Waals surface area contributed by atoms with Gasteiger partial charge in [0.1, 0.15) is 0 Å². The summed E-state index contributed by atoms with van der Waals surface area (Å²) in [6, 6.07) is 12.5. The second-order valence-electron chi connectivity index (χ2n) is 6.01. The molecule has 1 aliphatic rings. The standard InChI is InChI=1S/C18H22N2O/c1-20(2)18(21)15-6-7-17-14(12-15)4-3-5-16(17)13-8-10-19-11-9-13/h3-7,12-13,19H,8-11H2,1-2H3. The Bertz CT molecular complexity index is 657. The Hall–Kier alpha value is -1.87. The van der Waals surface area contributed by atoms with E-state index in [1.807, 2.05) is 12.1 Å². The molecule has 2 aromatic rings. The van der Waals surface area contributed by atoms with Gasteiger partial charge in [-0.3, -0.25) is 4.79 Å². The van der Waals surface area contributed by atoms with E-state index in [0.29, 0.717) is 5.92 Å². The van der Waals surface area contributed by atoms with E-state index in [9.17, 15) is 4.79 Å². The highest BCUT2D eigenvalue weighted by Crippen LogP contribution is 2.31. The van der Waals surface area contributed by atoms with Crippen molar-refractivity contribution in [3.05, 3.63) is 47.5 Å². The van der Waals surface area contributed by atoms with Gasteiger partial charge in [-0.2, -0.15) is 0 Å². The van der Waals surface area contributed by atoms with Crippen LogP contribution in [0.4, 0.5) is 0 Å². The van der Waals surface area contributed by atoms with Gasteiger partial charge in [0.05, 0.1) is 0 Å². The molecule has 0 unspecified atom stereocenters. The Balaban J connectivity index is 2.02. The zero-order chi connectivity index (χ0) is 14.8. The first kappa shape index (κ1) is 14.1. The zero-order valence-electron chi connectivity index (χ0n) is 12.7. The second kappa shape index (κ2) is 5.86. The maximum atomic E-state index is 12.1. The summed E-state index contributed by atoms with van der Waals surface area (Å²) in [5.74, 6) is 0.689. The molecule has 3 heteroatoms. The molecule has 3 nitrogen and oxygen atoms in total. The molecule has 1 heterocycles. The van der Waals surface area contributed by atoms with Gasteiger partial charge in [-0.25, -0.2) is 0 Å². The minimum Gasteiger partial charge on any atom is -0.345 e. The van der Waals surface area contributed by atoms with Crippen molar-refractivity contribution in [1.29, 1.82) is 0 Å². The first-order chi connectivity index (χ1) is 10.2. The SMILES string of the molecule is CN(C)C(=O)c1ccc2c(C3CCNCC3)cccc2c1. The number of benzene rings is 2. The average molecular weight is 282 g/mol. The minimum atomic E-state index is 0.0594. The number of fused-ring (bicyclic) bond motifs is 1. The summed E-state index contributed by atoms with van der Waals surface area (Å²) in [7, 11) is 3.58. The van der Waals surface area contributed by atoms with Gasteiger partial charge in [-0.1, -0.05) is 24.3 Å². The van der Waals surface area contributed by atoms with Gasteiger partial charge in [0.2, 0.25) is 0 Å². The van der Waals surface area contributed by atoms with Crippen molar-refractivity contribution >= 4 is 16.7 Å². The summed E-state index contributed by atoms with van der Waals surface area (Å²) in [5, 5.41) is 5.88. The predicted molar refractivity (Wildman–Crippen MR) is 86.8 cm³/mol. The molecule has 2 aromatic carbocycles. The van der Waals surface area contributed by atoms with E-state index >= 15 is 0 Å². The lowest BCUT2D eigenvalue weighted by molar-refractivity contribution is 0.0828. The van der Waals surface area contributed by atoms with Crippen LogP contribution in [-0.4, -0.2) is 38.0 Å². The fourth-order valence-corrected chi connectivity index (χ4v) is 3.19. The number of rotatable bonds is 2. The highest BCUT2D eigenvalue weighted by atomic mass is 16.2. The lowest BCUT2D eigenvalue weighted by atomic mass is 9.86. The summed E-state index contributed by atoms with van der Waals surface area (Å²) >= 11 is 0. The van der Waals surface area contributed by atoms with E-state index in [4.69, 9.17) is 0 Å². The Morgan fingerprint density at radius 1 is 1.14 bits per heavy atom. The Labute approximate surface area is 125 Å². The monoisotopic (exact) mass is 282 g/mol. The third-order valence-corrected chi connectivity index (χ3v) is 4.35. The summed E-state index contributed by atoms with van der Waals surface area (Å²) in [6.45, 7) is 2.19. The fourth-order valence-electron chi connectivity index (χ4n) is 3.19. The van der Waals surface area contributed by atoms with Crippen LogP contribution in [0.5, 0.6) is 0 Å². The van der Waals surface area contributed by atoms with Crippen molar-refractivity contribution in [1.82, 2.24) is 10.2 Å². The van der Waals surface area contributed by atoms with E-state index in [0.717, 1.165) is 18.7 Å². The smallest absolute Gasteiger partial charge is 0.253 e. The van der Waals surface area contributed by atoms with Crippen LogP contribution in [0.15, 0.2) is 36.4 Å². The van der Waals surface area contributed by atoms with Crippen LogP contribution in [-0.2, 0) is 0 Å². The molecular weight excluding hydrogens is 260 g/mol. The minimum absolute atomic E-state index is 0.0594. The molecule has 0 radical (unpaired) electrons. The number of carbonyl (C=O) groups is 1. The van der Waals surface area contributed by atoms with Crippen molar-refractivity contribution in [2.75, 3.05) is 27.2 Å². The average Bonchev–Trinajstić information content (AvgIpc) is 2.53. The number of amides is 1. The van der Waals surface area contributed by atoms with E-state index in [1.54, 1.807) is 19.0 Å². The maximum absolute atomic E-state index is 12.1. The van der Waals surface area contributed by atoms with E-state index in [2.05, 4.69) is 29.6 Å². The molecule has 0 atom stereocenters. The zero-order valence-corrected chi connectivity index (χ0v) is 12.7. The summed E-state index contributed by atoms with van der Waals surface area (Å²) in [5.41, 5.74) is 2.19. The summed E-state index contributed by atoms with van der Waals surface area (Å²) in [6.07, 6.45) is 2.38. The van der Waals surface area contributed by atoms with Crippen molar-refractivity contribution in [2.24, 2.45) is 0 Å². The molecule has 1 amide bonds. The topological polar surface area (TPSA) is 32.3 Å². The largest absolute Gasteiger partial charge is 0.345 e. The van der Waals surface area contributed by atoms with Crippen molar-refractivity contribution < 1.29 is 4.79 Å². The number of nitrogens with zero attached hydrogens (tertiary/aromatic N) is 1. The first-order valence-electron chi connectivity index (χ1n) is 7.62. The van der Waals surface area contributed by atoms with Crippen LogP contribution >= 0.6 is 0 Å². The molecule has 1 saturated heterocycles. The summed E-state index contributed by atoms with van der Waals surface area (Å²) < 4.78 is 0. The molecule has 0 saturated carbocycles. The van der Waals surface area contributed by atoms with Gasteiger partial charge < -0.3 is 10.2 Å². The maximum Gasteiger partial charge on any atom is 0.253 e. The van der Waals surface area contributed by atoms with E-state index in [1.165, 1.54) is 29.2 Å². The Kier molecular flexibility index (Phi) is 3.93. The van der Waals surface area contributed by atoms with Crippen LogP contribution in [0.3, 0.4) is 0 Å². The number of carbonyl (C=O) groups excluding carboxylic acids is 1. The van der Waals surface area contributed by atoms with Crippen LogP contribution in [0.25, 0.3) is 10.8 Å². The van der Waals surface area contributed by atoms with Crippen LogP contribution in [0.1, 0.15) is 34.7 Å². The normalized spacial score (nSPS) is 16.1. The molecule has 3 rings (SSSR count). The number of hydrogen-bond acceptors (Lipinski definition) is 2.